The first kappa shape index (κ1) is 11.9. The fourth-order valence-corrected chi connectivity index (χ4v) is 1.78. The summed E-state index contributed by atoms with van der Waals surface area (Å²) in [6, 6.07) is 5.09. The molecule has 2 aromatic rings. The van der Waals surface area contributed by atoms with Gasteiger partial charge in [0.1, 0.15) is 0 Å². The number of rotatable bonds is 4. The minimum atomic E-state index is -2.14. The van der Waals surface area contributed by atoms with Crippen LogP contribution in [0.3, 0.4) is 0 Å². The molecule has 2 rings (SSSR count). The van der Waals surface area contributed by atoms with Gasteiger partial charge < -0.3 is 14.3 Å². The molecule has 1 aromatic carbocycles. The van der Waals surface area contributed by atoms with Crippen LogP contribution in [-0.2, 0) is 17.6 Å². The third kappa shape index (κ3) is 2.76. The Morgan fingerprint density at radius 1 is 1.47 bits per heavy atom. The molecule has 0 radical (unpaired) electrons. The van der Waals surface area contributed by atoms with Gasteiger partial charge in [0, 0.05) is 6.54 Å². The number of para-hydroxylation sites is 1. The summed E-state index contributed by atoms with van der Waals surface area (Å²) in [5, 5.41) is 3.11. The first-order valence-electron chi connectivity index (χ1n) is 4.80. The number of nitrogens with one attached hydrogen (secondary N) is 1. The second kappa shape index (κ2) is 5.17. The third-order valence-corrected chi connectivity index (χ3v) is 2.66. The summed E-state index contributed by atoms with van der Waals surface area (Å²) in [5.41, 5.74) is 0.818. The maximum atomic E-state index is 11.4. The molecule has 1 unspecified atom stereocenters. The number of hydrogen-bond donors (Lipinski definition) is 1. The second-order valence-corrected chi connectivity index (χ2v) is 4.22. The van der Waals surface area contributed by atoms with Crippen molar-refractivity contribution < 1.29 is 13.2 Å². The van der Waals surface area contributed by atoms with Crippen molar-refractivity contribution in [3.8, 4) is 0 Å². The molecule has 6 nitrogen and oxygen atoms in total. The van der Waals surface area contributed by atoms with Gasteiger partial charge in [-0.25, -0.2) is 9.78 Å². The topological polar surface area (TPSA) is 95.3 Å². The van der Waals surface area contributed by atoms with Crippen molar-refractivity contribution >= 4 is 22.0 Å². The molecule has 0 amide bonds. The van der Waals surface area contributed by atoms with Crippen LogP contribution in [-0.4, -0.2) is 19.6 Å². The number of hydrogen-bond acceptors (Lipinski definition) is 6. The normalized spacial score (nSPS) is 12.8. The van der Waals surface area contributed by atoms with Crippen molar-refractivity contribution in [2.24, 2.45) is 0 Å². The van der Waals surface area contributed by atoms with Crippen LogP contribution in [0.25, 0.3) is 10.9 Å². The van der Waals surface area contributed by atoms with Crippen molar-refractivity contribution in [3.63, 3.8) is 0 Å². The highest BCUT2D eigenvalue weighted by Gasteiger charge is 2.05. The van der Waals surface area contributed by atoms with Crippen LogP contribution in [0.2, 0.25) is 0 Å². The van der Waals surface area contributed by atoms with Gasteiger partial charge in [0.05, 0.1) is 16.8 Å². The number of aromatic nitrogens is 1. The number of benzene rings is 1. The lowest BCUT2D eigenvalue weighted by molar-refractivity contribution is 0.500. The van der Waals surface area contributed by atoms with E-state index in [2.05, 4.69) is 14.7 Å². The van der Waals surface area contributed by atoms with Gasteiger partial charge in [0.15, 0.2) is 6.39 Å². The van der Waals surface area contributed by atoms with Crippen LogP contribution in [0.5, 0.6) is 0 Å². The van der Waals surface area contributed by atoms with Gasteiger partial charge in [-0.1, -0.05) is 12.1 Å². The molecule has 0 spiro atoms. The third-order valence-electron chi connectivity index (χ3n) is 2.22. The van der Waals surface area contributed by atoms with E-state index in [1.54, 1.807) is 18.2 Å². The predicted octanol–water partition coefficient (Wildman–Crippen LogP) is 0.114. The standard InChI is InChI=1S/C10H10N2O4S/c13-10-8-3-1-2-7(4-11-6-17(14)15)9(8)12-5-16-10/h1-3,5,11H,4,6H2,(H,14,15)/p-1. The molecule has 0 aliphatic heterocycles. The van der Waals surface area contributed by atoms with Crippen molar-refractivity contribution in [2.45, 2.75) is 6.54 Å². The van der Waals surface area contributed by atoms with E-state index in [1.165, 1.54) is 0 Å². The molecular weight excluding hydrogens is 244 g/mol. The molecule has 0 aliphatic carbocycles. The fraction of sp³-hybridized carbons (Fsp3) is 0.200. The van der Waals surface area contributed by atoms with Crippen molar-refractivity contribution in [1.29, 1.82) is 0 Å². The average Bonchev–Trinajstić information content (AvgIpc) is 2.30. The molecule has 0 saturated carbocycles. The molecular formula is C10H9N2O4S-. The summed E-state index contributed by atoms with van der Waals surface area (Å²) >= 11 is -2.14. The van der Waals surface area contributed by atoms with Crippen LogP contribution < -0.4 is 10.9 Å². The van der Waals surface area contributed by atoms with Gasteiger partial charge in [0.2, 0.25) is 0 Å². The smallest absolute Gasteiger partial charge is 0.346 e. The minimum absolute atomic E-state index is 0.141. The second-order valence-electron chi connectivity index (χ2n) is 3.33. The predicted molar refractivity (Wildman–Crippen MR) is 60.9 cm³/mol. The molecule has 0 fully saturated rings. The lowest BCUT2D eigenvalue weighted by Gasteiger charge is -2.08. The zero-order valence-electron chi connectivity index (χ0n) is 8.71. The quantitative estimate of drug-likeness (QED) is 0.777. The van der Waals surface area contributed by atoms with Crippen molar-refractivity contribution in [2.75, 3.05) is 5.88 Å². The van der Waals surface area contributed by atoms with Crippen LogP contribution in [0.15, 0.2) is 33.8 Å². The maximum Gasteiger partial charge on any atom is 0.346 e. The van der Waals surface area contributed by atoms with Crippen molar-refractivity contribution in [1.82, 2.24) is 10.3 Å². The lowest BCUT2D eigenvalue weighted by atomic mass is 10.1. The van der Waals surface area contributed by atoms with Gasteiger partial charge in [-0.3, -0.25) is 4.21 Å². The van der Waals surface area contributed by atoms with E-state index in [1.807, 2.05) is 0 Å². The zero-order valence-corrected chi connectivity index (χ0v) is 9.53. The Hall–Kier alpha value is -1.57. The number of nitrogens with zero attached hydrogens (tertiary/aromatic N) is 1. The minimum Gasteiger partial charge on any atom is -0.771 e. The van der Waals surface area contributed by atoms with E-state index in [0.717, 1.165) is 12.0 Å². The van der Waals surface area contributed by atoms with Gasteiger partial charge in [-0.2, -0.15) is 0 Å². The molecule has 1 heterocycles. The van der Waals surface area contributed by atoms with Gasteiger partial charge in [0.25, 0.3) is 0 Å². The summed E-state index contributed by atoms with van der Waals surface area (Å²) in [5.74, 6) is -0.141. The zero-order chi connectivity index (χ0) is 12.3. The SMILES string of the molecule is O=c1ocnc2c(CNCS(=O)[O-])cccc12. The van der Waals surface area contributed by atoms with E-state index in [9.17, 15) is 13.6 Å². The molecule has 1 atom stereocenters. The largest absolute Gasteiger partial charge is 0.771 e. The molecule has 0 bridgehead atoms. The molecule has 0 saturated heterocycles. The van der Waals surface area contributed by atoms with E-state index < -0.39 is 16.7 Å². The summed E-state index contributed by atoms with van der Waals surface area (Å²) in [6.07, 6.45) is 1.08. The maximum absolute atomic E-state index is 11.4. The average molecular weight is 253 g/mol. The van der Waals surface area contributed by atoms with E-state index >= 15 is 0 Å². The molecule has 90 valence electrons. The van der Waals surface area contributed by atoms with Gasteiger partial charge in [-0.15, -0.1) is 0 Å². The van der Waals surface area contributed by atoms with Gasteiger partial charge >= 0.3 is 5.63 Å². The summed E-state index contributed by atoms with van der Waals surface area (Å²) in [7, 11) is 0. The molecule has 1 aromatic heterocycles. The van der Waals surface area contributed by atoms with Gasteiger partial charge in [-0.05, 0) is 22.7 Å². The summed E-state index contributed by atoms with van der Waals surface area (Å²) in [4.78, 5) is 15.4. The van der Waals surface area contributed by atoms with Crippen molar-refractivity contribution in [3.05, 3.63) is 40.6 Å². The lowest BCUT2D eigenvalue weighted by Crippen LogP contribution is -2.19. The molecule has 7 heteroatoms. The highest BCUT2D eigenvalue weighted by atomic mass is 32.2. The van der Waals surface area contributed by atoms with Crippen LogP contribution in [0.4, 0.5) is 0 Å². The molecule has 17 heavy (non-hydrogen) atoms. The van der Waals surface area contributed by atoms with E-state index in [4.69, 9.17) is 0 Å². The van der Waals surface area contributed by atoms with Crippen LogP contribution >= 0.6 is 0 Å². The van der Waals surface area contributed by atoms with E-state index in [0.29, 0.717) is 17.4 Å². The summed E-state index contributed by atoms with van der Waals surface area (Å²) < 4.78 is 25.4. The Balaban J connectivity index is 2.31. The van der Waals surface area contributed by atoms with Crippen LogP contribution in [0.1, 0.15) is 5.56 Å². The molecule has 1 N–H and O–H groups in total. The van der Waals surface area contributed by atoms with E-state index in [-0.39, 0.29) is 5.88 Å². The highest BCUT2D eigenvalue weighted by Crippen LogP contribution is 2.12. The fourth-order valence-electron chi connectivity index (χ4n) is 1.51. The summed E-state index contributed by atoms with van der Waals surface area (Å²) in [6.45, 7) is 0.321. The van der Waals surface area contributed by atoms with Crippen LogP contribution in [0, 0.1) is 0 Å². The Labute approximate surface area is 99.0 Å². The first-order chi connectivity index (χ1) is 8.18. The number of fused-ring (bicyclic) bond motifs is 1. The Morgan fingerprint density at radius 2 is 2.29 bits per heavy atom. The monoisotopic (exact) mass is 253 g/mol. The first-order valence-corrected chi connectivity index (χ1v) is 6.05. The highest BCUT2D eigenvalue weighted by molar-refractivity contribution is 7.79. The Kier molecular flexibility index (Phi) is 3.62. The Bertz CT molecular complexity index is 611. The molecule has 0 aliphatic rings. The Morgan fingerprint density at radius 3 is 3.06 bits per heavy atom.